The van der Waals surface area contributed by atoms with Crippen molar-refractivity contribution in [3.63, 3.8) is 0 Å². The standard InChI is InChI=1S/C23H23FN4O5/c1-2-15-13-26(9-10-27(15)23(32)33)21(30)17-11-14(7-8-18(17)24)12-28-19-6-4-3-5-16(19)20(29)25-22(28)31/h3-8,11,15H,2,9-10,12-13H2,1H3,(H,32,33)(H,25,29,31). The van der Waals surface area contributed by atoms with Gasteiger partial charge in [-0.15, -0.1) is 0 Å². The number of carbonyl (C=O) groups is 2. The summed E-state index contributed by atoms with van der Waals surface area (Å²) in [5.41, 5.74) is -0.304. The number of aromatic amines is 1. The Kier molecular flexibility index (Phi) is 5.99. The summed E-state index contributed by atoms with van der Waals surface area (Å²) in [6.45, 7) is 2.35. The molecule has 9 nitrogen and oxygen atoms in total. The SMILES string of the molecule is CCC1CN(C(=O)c2cc(Cn3c(=O)[nH]c(=O)c4ccccc43)ccc2F)CCN1C(=O)O. The molecular formula is C23H23FN4O5. The van der Waals surface area contributed by atoms with E-state index < -0.39 is 29.1 Å². The maximum absolute atomic E-state index is 14.6. The molecule has 2 N–H and O–H groups in total. The number of H-pyrrole nitrogens is 1. The van der Waals surface area contributed by atoms with Crippen LogP contribution in [0.2, 0.25) is 0 Å². The average molecular weight is 454 g/mol. The lowest BCUT2D eigenvalue weighted by molar-refractivity contribution is 0.0466. The Labute approximate surface area is 187 Å². The summed E-state index contributed by atoms with van der Waals surface area (Å²) in [6, 6.07) is 10.3. The number of nitrogens with one attached hydrogen (secondary N) is 1. The van der Waals surface area contributed by atoms with E-state index in [1.807, 2.05) is 6.92 Å². The molecule has 0 radical (unpaired) electrons. The molecule has 1 unspecified atom stereocenters. The lowest BCUT2D eigenvalue weighted by atomic mass is 10.1. The Hall–Kier alpha value is -3.95. The van der Waals surface area contributed by atoms with Gasteiger partial charge in [0, 0.05) is 19.6 Å². The molecule has 0 saturated carbocycles. The van der Waals surface area contributed by atoms with Crippen LogP contribution in [0, 0.1) is 5.82 Å². The third kappa shape index (κ3) is 4.23. The lowest BCUT2D eigenvalue weighted by Crippen LogP contribution is -2.56. The van der Waals surface area contributed by atoms with Gasteiger partial charge in [-0.1, -0.05) is 25.1 Å². The van der Waals surface area contributed by atoms with Crippen LogP contribution in [-0.4, -0.2) is 62.1 Å². The van der Waals surface area contributed by atoms with Crippen LogP contribution >= 0.6 is 0 Å². The molecule has 1 aliphatic heterocycles. The summed E-state index contributed by atoms with van der Waals surface area (Å²) in [4.78, 5) is 54.0. The number of piperazine rings is 1. The van der Waals surface area contributed by atoms with Crippen LogP contribution in [-0.2, 0) is 6.54 Å². The van der Waals surface area contributed by atoms with E-state index in [9.17, 15) is 28.7 Å². The number of hydrogen-bond donors (Lipinski definition) is 2. The largest absolute Gasteiger partial charge is 0.465 e. The van der Waals surface area contributed by atoms with Crippen LogP contribution in [0.15, 0.2) is 52.1 Å². The van der Waals surface area contributed by atoms with Crippen molar-refractivity contribution in [2.75, 3.05) is 19.6 Å². The molecule has 4 rings (SSSR count). The van der Waals surface area contributed by atoms with Crippen LogP contribution < -0.4 is 11.2 Å². The minimum Gasteiger partial charge on any atom is -0.465 e. The van der Waals surface area contributed by atoms with Gasteiger partial charge in [-0.2, -0.15) is 0 Å². The van der Waals surface area contributed by atoms with Crippen LogP contribution in [0.25, 0.3) is 10.9 Å². The van der Waals surface area contributed by atoms with Gasteiger partial charge in [-0.25, -0.2) is 14.0 Å². The Morgan fingerprint density at radius 3 is 2.64 bits per heavy atom. The first-order valence-electron chi connectivity index (χ1n) is 10.6. The number of carbonyl (C=O) groups excluding carboxylic acids is 1. The fourth-order valence-electron chi connectivity index (χ4n) is 4.23. The molecule has 2 heterocycles. The summed E-state index contributed by atoms with van der Waals surface area (Å²) in [5.74, 6) is -1.23. The third-order valence-electron chi connectivity index (χ3n) is 5.99. The fraction of sp³-hybridized carbons (Fsp3) is 0.304. The first-order valence-corrected chi connectivity index (χ1v) is 10.6. The molecule has 10 heteroatoms. The number of hydrogen-bond acceptors (Lipinski definition) is 4. The number of amides is 2. The van der Waals surface area contributed by atoms with Crippen LogP contribution in [0.3, 0.4) is 0 Å². The van der Waals surface area contributed by atoms with E-state index in [0.29, 0.717) is 22.9 Å². The monoisotopic (exact) mass is 454 g/mol. The predicted octanol–water partition coefficient (Wildman–Crippen LogP) is 2.09. The van der Waals surface area contributed by atoms with Crippen molar-refractivity contribution < 1.29 is 19.1 Å². The lowest BCUT2D eigenvalue weighted by Gasteiger charge is -2.39. The molecule has 1 aliphatic rings. The van der Waals surface area contributed by atoms with E-state index in [4.69, 9.17) is 0 Å². The fourth-order valence-corrected chi connectivity index (χ4v) is 4.23. The molecule has 1 aromatic heterocycles. The Bertz CT molecular complexity index is 1350. The number of halogens is 1. The highest BCUT2D eigenvalue weighted by molar-refractivity contribution is 5.95. The summed E-state index contributed by atoms with van der Waals surface area (Å²) >= 11 is 0. The predicted molar refractivity (Wildman–Crippen MR) is 119 cm³/mol. The first kappa shape index (κ1) is 22.3. The highest BCUT2D eigenvalue weighted by atomic mass is 19.1. The van der Waals surface area contributed by atoms with E-state index in [0.717, 1.165) is 0 Å². The van der Waals surface area contributed by atoms with Gasteiger partial charge in [0.15, 0.2) is 0 Å². The van der Waals surface area contributed by atoms with Crippen molar-refractivity contribution in [2.24, 2.45) is 0 Å². The Morgan fingerprint density at radius 1 is 1.15 bits per heavy atom. The van der Waals surface area contributed by atoms with Gasteiger partial charge in [-0.3, -0.25) is 19.1 Å². The van der Waals surface area contributed by atoms with Crippen molar-refractivity contribution in [3.05, 3.63) is 80.2 Å². The molecule has 2 amide bonds. The second-order valence-corrected chi connectivity index (χ2v) is 7.97. The molecule has 172 valence electrons. The average Bonchev–Trinajstić information content (AvgIpc) is 2.81. The smallest absolute Gasteiger partial charge is 0.407 e. The van der Waals surface area contributed by atoms with Crippen molar-refractivity contribution in [3.8, 4) is 0 Å². The van der Waals surface area contributed by atoms with Crippen LogP contribution in [0.1, 0.15) is 29.3 Å². The molecule has 1 fully saturated rings. The minimum atomic E-state index is -1.04. The number of carboxylic acid groups (broad SMARTS) is 1. The zero-order chi connectivity index (χ0) is 23.7. The second kappa shape index (κ2) is 8.89. The molecule has 1 saturated heterocycles. The topological polar surface area (TPSA) is 116 Å². The van der Waals surface area contributed by atoms with Gasteiger partial charge in [0.25, 0.3) is 11.5 Å². The van der Waals surface area contributed by atoms with Crippen LogP contribution in [0.4, 0.5) is 9.18 Å². The zero-order valence-corrected chi connectivity index (χ0v) is 18.0. The van der Waals surface area contributed by atoms with Gasteiger partial charge in [0.1, 0.15) is 5.82 Å². The minimum absolute atomic E-state index is 0.0288. The zero-order valence-electron chi connectivity index (χ0n) is 18.0. The molecule has 33 heavy (non-hydrogen) atoms. The molecule has 0 spiro atoms. The number of para-hydroxylation sites is 1. The second-order valence-electron chi connectivity index (χ2n) is 7.97. The summed E-state index contributed by atoms with van der Waals surface area (Å²) in [5, 5.41) is 9.67. The highest BCUT2D eigenvalue weighted by Gasteiger charge is 2.32. The molecule has 1 atom stereocenters. The number of fused-ring (bicyclic) bond motifs is 1. The van der Waals surface area contributed by atoms with E-state index in [2.05, 4.69) is 4.98 Å². The summed E-state index contributed by atoms with van der Waals surface area (Å²) in [6.07, 6.45) is -0.512. The maximum atomic E-state index is 14.6. The summed E-state index contributed by atoms with van der Waals surface area (Å²) in [7, 11) is 0. The van der Waals surface area contributed by atoms with E-state index in [1.165, 1.54) is 32.6 Å². The normalized spacial score (nSPS) is 16.2. The van der Waals surface area contributed by atoms with Crippen molar-refractivity contribution in [2.45, 2.75) is 25.9 Å². The number of aromatic nitrogens is 2. The third-order valence-corrected chi connectivity index (χ3v) is 5.99. The van der Waals surface area contributed by atoms with Gasteiger partial charge >= 0.3 is 11.8 Å². The van der Waals surface area contributed by atoms with Gasteiger partial charge in [-0.05, 0) is 36.2 Å². The van der Waals surface area contributed by atoms with Gasteiger partial charge < -0.3 is 14.9 Å². The molecule has 2 aromatic carbocycles. The maximum Gasteiger partial charge on any atom is 0.407 e. The first-order chi connectivity index (χ1) is 15.8. The molecule has 0 bridgehead atoms. The quantitative estimate of drug-likeness (QED) is 0.626. The highest BCUT2D eigenvalue weighted by Crippen LogP contribution is 2.19. The van der Waals surface area contributed by atoms with E-state index in [1.54, 1.807) is 24.3 Å². The van der Waals surface area contributed by atoms with Gasteiger partial charge in [0.05, 0.1) is 29.1 Å². The molecule has 3 aromatic rings. The van der Waals surface area contributed by atoms with Gasteiger partial charge in [0.2, 0.25) is 0 Å². The van der Waals surface area contributed by atoms with Crippen molar-refractivity contribution >= 4 is 22.9 Å². The Balaban J connectivity index is 1.64. The number of nitrogens with zero attached hydrogens (tertiary/aromatic N) is 3. The Morgan fingerprint density at radius 2 is 1.91 bits per heavy atom. The summed E-state index contributed by atoms with van der Waals surface area (Å²) < 4.78 is 16.0. The van der Waals surface area contributed by atoms with Crippen LogP contribution in [0.5, 0.6) is 0 Å². The van der Waals surface area contributed by atoms with Crippen molar-refractivity contribution in [1.29, 1.82) is 0 Å². The van der Waals surface area contributed by atoms with E-state index >= 15 is 0 Å². The number of rotatable bonds is 4. The van der Waals surface area contributed by atoms with E-state index in [-0.39, 0.29) is 37.8 Å². The van der Waals surface area contributed by atoms with Crippen molar-refractivity contribution in [1.82, 2.24) is 19.4 Å². The molecular weight excluding hydrogens is 431 g/mol. The number of benzene rings is 2. The molecule has 0 aliphatic carbocycles.